The highest BCUT2D eigenvalue weighted by Crippen LogP contribution is 2.34. The third-order valence-electron chi connectivity index (χ3n) is 7.98. The third-order valence-corrected chi connectivity index (χ3v) is 7.98. The van der Waals surface area contributed by atoms with E-state index in [1.165, 1.54) is 141 Å². The van der Waals surface area contributed by atoms with Gasteiger partial charge in [0.15, 0.2) is 0 Å². The average Bonchev–Trinajstić information content (AvgIpc) is 3.36. The Kier molecular flexibility index (Phi) is 18.9. The van der Waals surface area contributed by atoms with Crippen LogP contribution in [-0.2, 0) is 5.54 Å². The SMILES string of the molecule is CCCCCCCCCCCCCCCC[C@H](CCCCCCCC)C(C)(C)n1ccnc1. The molecule has 2 heteroatoms. The number of unbranched alkanes of at least 4 members (excludes halogenated alkanes) is 18. The molecule has 0 unspecified atom stereocenters. The van der Waals surface area contributed by atoms with Crippen LogP contribution in [0.2, 0.25) is 0 Å². The van der Waals surface area contributed by atoms with Crippen molar-refractivity contribution in [1.82, 2.24) is 9.55 Å². The first-order valence-corrected chi connectivity index (χ1v) is 15.1. The van der Waals surface area contributed by atoms with Gasteiger partial charge in [-0.3, -0.25) is 0 Å². The molecule has 2 nitrogen and oxygen atoms in total. The van der Waals surface area contributed by atoms with Crippen LogP contribution in [0.1, 0.15) is 169 Å². The molecule has 0 saturated heterocycles. The lowest BCUT2D eigenvalue weighted by Crippen LogP contribution is -2.34. The zero-order valence-corrected chi connectivity index (χ0v) is 23.3. The smallest absolute Gasteiger partial charge is 0.0951 e. The van der Waals surface area contributed by atoms with Crippen LogP contribution >= 0.6 is 0 Å². The van der Waals surface area contributed by atoms with Gasteiger partial charge in [-0.2, -0.15) is 0 Å². The van der Waals surface area contributed by atoms with Crippen molar-refractivity contribution in [3.63, 3.8) is 0 Å². The molecule has 0 bridgehead atoms. The van der Waals surface area contributed by atoms with Crippen LogP contribution in [0.25, 0.3) is 0 Å². The zero-order chi connectivity index (χ0) is 24.0. The standard InChI is InChI=1S/C31H60N2/c1-5-7-9-11-13-14-15-16-17-18-19-20-22-24-26-30(25-23-21-12-10-8-6-2)31(3,4)33-28-27-32-29-33/h27-30H,5-26H2,1-4H3/t30-/m0/s1. The predicted octanol–water partition coefficient (Wildman–Crippen LogP) is 10.9. The molecule has 0 aromatic carbocycles. The molecule has 0 saturated carbocycles. The molecule has 0 fully saturated rings. The van der Waals surface area contributed by atoms with Gasteiger partial charge in [0.25, 0.3) is 0 Å². The van der Waals surface area contributed by atoms with Gasteiger partial charge < -0.3 is 4.57 Å². The molecule has 1 aromatic rings. The summed E-state index contributed by atoms with van der Waals surface area (Å²) in [6.45, 7) is 9.47. The Bertz CT molecular complexity index is 505. The minimum absolute atomic E-state index is 0.177. The molecule has 0 spiro atoms. The molecule has 1 aromatic heterocycles. The number of hydrogen-bond acceptors (Lipinski definition) is 1. The Morgan fingerprint density at radius 1 is 0.576 bits per heavy atom. The van der Waals surface area contributed by atoms with Gasteiger partial charge in [-0.15, -0.1) is 0 Å². The van der Waals surface area contributed by atoms with Gasteiger partial charge in [-0.05, 0) is 32.6 Å². The van der Waals surface area contributed by atoms with E-state index in [2.05, 4.69) is 43.4 Å². The van der Waals surface area contributed by atoms with Crippen LogP contribution in [0, 0.1) is 5.92 Å². The quantitative estimate of drug-likeness (QED) is 0.140. The number of hydrogen-bond donors (Lipinski definition) is 0. The summed E-state index contributed by atoms with van der Waals surface area (Å²) >= 11 is 0. The molecule has 0 radical (unpaired) electrons. The van der Waals surface area contributed by atoms with E-state index in [9.17, 15) is 0 Å². The Labute approximate surface area is 208 Å². The maximum atomic E-state index is 4.34. The molecule has 0 N–H and O–H groups in total. The lowest BCUT2D eigenvalue weighted by molar-refractivity contribution is 0.181. The fourth-order valence-corrected chi connectivity index (χ4v) is 5.42. The summed E-state index contributed by atoms with van der Waals surface area (Å²) < 4.78 is 2.36. The number of nitrogens with zero attached hydrogens (tertiary/aromatic N) is 2. The minimum atomic E-state index is 0.177. The van der Waals surface area contributed by atoms with Crippen LogP contribution < -0.4 is 0 Å². The van der Waals surface area contributed by atoms with E-state index < -0.39 is 0 Å². The summed E-state index contributed by atoms with van der Waals surface area (Å²) in [5.41, 5.74) is 0.177. The second kappa shape index (κ2) is 20.6. The van der Waals surface area contributed by atoms with E-state index in [0.29, 0.717) is 0 Å². The summed E-state index contributed by atoms with van der Waals surface area (Å²) in [5.74, 6) is 0.759. The largest absolute Gasteiger partial charge is 0.332 e. The van der Waals surface area contributed by atoms with Gasteiger partial charge in [0, 0.05) is 17.9 Å². The molecule has 1 rings (SSSR count). The predicted molar refractivity (Wildman–Crippen MR) is 148 cm³/mol. The average molecular weight is 461 g/mol. The van der Waals surface area contributed by atoms with Crippen molar-refractivity contribution in [3.8, 4) is 0 Å². The zero-order valence-electron chi connectivity index (χ0n) is 23.3. The molecule has 33 heavy (non-hydrogen) atoms. The van der Waals surface area contributed by atoms with Crippen LogP contribution in [0.15, 0.2) is 18.7 Å². The Morgan fingerprint density at radius 3 is 1.27 bits per heavy atom. The molecule has 0 aliphatic rings. The summed E-state index contributed by atoms with van der Waals surface area (Å²) in [6.07, 6.45) is 37.5. The number of aromatic nitrogens is 2. The maximum absolute atomic E-state index is 4.34. The van der Waals surface area contributed by atoms with Gasteiger partial charge in [-0.1, -0.05) is 142 Å². The van der Waals surface area contributed by atoms with Gasteiger partial charge in [0.05, 0.1) is 6.33 Å². The first kappa shape index (κ1) is 30.2. The summed E-state index contributed by atoms with van der Waals surface area (Å²) in [4.78, 5) is 4.34. The molecule has 1 heterocycles. The van der Waals surface area contributed by atoms with Crippen molar-refractivity contribution in [2.75, 3.05) is 0 Å². The van der Waals surface area contributed by atoms with E-state index in [4.69, 9.17) is 0 Å². The first-order valence-electron chi connectivity index (χ1n) is 15.1. The highest BCUT2D eigenvalue weighted by molar-refractivity contribution is 4.90. The van der Waals surface area contributed by atoms with E-state index in [-0.39, 0.29) is 5.54 Å². The number of imidazole rings is 1. The third kappa shape index (κ3) is 14.9. The lowest BCUT2D eigenvalue weighted by atomic mass is 9.79. The van der Waals surface area contributed by atoms with Gasteiger partial charge in [0.2, 0.25) is 0 Å². The van der Waals surface area contributed by atoms with Crippen molar-refractivity contribution in [3.05, 3.63) is 18.7 Å². The van der Waals surface area contributed by atoms with Crippen LogP contribution in [-0.4, -0.2) is 9.55 Å². The normalized spacial score (nSPS) is 13.0. The molecule has 0 aliphatic carbocycles. The Balaban J connectivity index is 2.15. The minimum Gasteiger partial charge on any atom is -0.332 e. The van der Waals surface area contributed by atoms with Crippen molar-refractivity contribution >= 4 is 0 Å². The Morgan fingerprint density at radius 2 is 0.939 bits per heavy atom. The second-order valence-electron chi connectivity index (χ2n) is 11.3. The molecular weight excluding hydrogens is 400 g/mol. The number of rotatable bonds is 24. The van der Waals surface area contributed by atoms with Crippen LogP contribution in [0.4, 0.5) is 0 Å². The summed E-state index contributed by atoms with van der Waals surface area (Å²) in [7, 11) is 0. The Hall–Kier alpha value is -0.790. The lowest BCUT2D eigenvalue weighted by Gasteiger charge is -2.36. The monoisotopic (exact) mass is 460 g/mol. The highest BCUT2D eigenvalue weighted by atomic mass is 15.1. The molecule has 0 amide bonds. The molecule has 0 aliphatic heterocycles. The van der Waals surface area contributed by atoms with E-state index in [1.54, 1.807) is 0 Å². The summed E-state index contributed by atoms with van der Waals surface area (Å²) in [6, 6.07) is 0. The molecule has 194 valence electrons. The van der Waals surface area contributed by atoms with Crippen LogP contribution in [0.3, 0.4) is 0 Å². The fraction of sp³-hybridized carbons (Fsp3) is 0.903. The van der Waals surface area contributed by atoms with Gasteiger partial charge in [-0.25, -0.2) is 4.98 Å². The van der Waals surface area contributed by atoms with Crippen molar-refractivity contribution < 1.29 is 0 Å². The first-order chi connectivity index (χ1) is 16.1. The van der Waals surface area contributed by atoms with Crippen molar-refractivity contribution in [2.24, 2.45) is 5.92 Å². The fourth-order valence-electron chi connectivity index (χ4n) is 5.42. The van der Waals surface area contributed by atoms with Gasteiger partial charge >= 0.3 is 0 Å². The van der Waals surface area contributed by atoms with E-state index in [1.807, 2.05) is 12.5 Å². The van der Waals surface area contributed by atoms with E-state index in [0.717, 1.165) is 5.92 Å². The molecule has 1 atom stereocenters. The summed E-state index contributed by atoms with van der Waals surface area (Å²) in [5, 5.41) is 0. The van der Waals surface area contributed by atoms with Crippen LogP contribution in [0.5, 0.6) is 0 Å². The molecular formula is C31H60N2. The highest BCUT2D eigenvalue weighted by Gasteiger charge is 2.29. The van der Waals surface area contributed by atoms with Gasteiger partial charge in [0.1, 0.15) is 0 Å². The topological polar surface area (TPSA) is 17.8 Å². The maximum Gasteiger partial charge on any atom is 0.0951 e. The second-order valence-corrected chi connectivity index (χ2v) is 11.3. The van der Waals surface area contributed by atoms with Crippen molar-refractivity contribution in [1.29, 1.82) is 0 Å². The van der Waals surface area contributed by atoms with E-state index >= 15 is 0 Å². The van der Waals surface area contributed by atoms with Crippen molar-refractivity contribution in [2.45, 2.75) is 174 Å².